The first-order chi connectivity index (χ1) is 13.1. The summed E-state index contributed by atoms with van der Waals surface area (Å²) in [7, 11) is -3.62. The summed E-state index contributed by atoms with van der Waals surface area (Å²) in [5.74, 6) is 0.733. The van der Waals surface area contributed by atoms with Gasteiger partial charge in [0.15, 0.2) is 0 Å². The number of aromatic nitrogens is 3. The van der Waals surface area contributed by atoms with Crippen LogP contribution in [0, 0.1) is 0 Å². The van der Waals surface area contributed by atoms with Gasteiger partial charge in [-0.25, -0.2) is 8.42 Å². The van der Waals surface area contributed by atoms with E-state index >= 15 is 0 Å². The summed E-state index contributed by atoms with van der Waals surface area (Å²) in [6, 6.07) is 8.79. The molecule has 9 heteroatoms. The Morgan fingerprint density at radius 2 is 1.89 bits per heavy atom. The Balaban J connectivity index is 1.43. The molecule has 5 rings (SSSR count). The number of hydrogen-bond acceptors (Lipinski definition) is 7. The number of pyridine rings is 1. The van der Waals surface area contributed by atoms with Crippen LogP contribution in [0.4, 0.5) is 0 Å². The maximum Gasteiger partial charge on any atom is 0.245 e. The second-order valence-corrected chi connectivity index (χ2v) is 9.35. The minimum absolute atomic E-state index is 0.00915. The molecule has 0 amide bonds. The fraction of sp³-hybridized carbons (Fsp3) is 0.389. The summed E-state index contributed by atoms with van der Waals surface area (Å²) in [6.45, 7) is 0. The highest BCUT2D eigenvalue weighted by Crippen LogP contribution is 2.41. The molecule has 2 aromatic heterocycles. The fourth-order valence-electron chi connectivity index (χ4n) is 4.29. The molecule has 7 nitrogen and oxygen atoms in total. The molecule has 27 heavy (non-hydrogen) atoms. The van der Waals surface area contributed by atoms with Crippen LogP contribution in [0.1, 0.15) is 25.7 Å². The average Bonchev–Trinajstić information content (AvgIpc) is 3.25. The third kappa shape index (κ3) is 2.90. The van der Waals surface area contributed by atoms with Crippen molar-refractivity contribution in [2.24, 2.45) is 0 Å². The number of sulfonamides is 1. The molecule has 140 valence electrons. The molecule has 3 aromatic rings. The van der Waals surface area contributed by atoms with Crippen molar-refractivity contribution in [1.82, 2.24) is 18.0 Å². The van der Waals surface area contributed by atoms with E-state index in [1.165, 1.54) is 0 Å². The summed E-state index contributed by atoms with van der Waals surface area (Å²) in [5.41, 5.74) is 1.10. The van der Waals surface area contributed by atoms with Crippen LogP contribution in [0.25, 0.3) is 11.0 Å². The molecule has 0 N–H and O–H groups in total. The Hall–Kier alpha value is -2.10. The second kappa shape index (κ2) is 6.50. The number of ether oxygens (including phenoxy) is 1. The smallest absolute Gasteiger partial charge is 0.245 e. The topological polar surface area (TPSA) is 85.3 Å². The Kier molecular flexibility index (Phi) is 4.10. The van der Waals surface area contributed by atoms with Crippen LogP contribution >= 0.6 is 11.7 Å². The van der Waals surface area contributed by atoms with Crippen molar-refractivity contribution in [3.8, 4) is 5.75 Å². The predicted molar refractivity (Wildman–Crippen MR) is 101 cm³/mol. The van der Waals surface area contributed by atoms with Crippen molar-refractivity contribution in [2.75, 3.05) is 0 Å². The highest BCUT2D eigenvalue weighted by Gasteiger charge is 2.48. The number of rotatable bonds is 4. The SMILES string of the molecule is O=S(=O)(c1cccc2nsnc12)N1C2CCC1CC(Oc1cccnc1)C2. The Morgan fingerprint density at radius 3 is 2.63 bits per heavy atom. The molecule has 2 aliphatic heterocycles. The maximum atomic E-state index is 13.4. The van der Waals surface area contributed by atoms with Gasteiger partial charge in [0, 0.05) is 31.1 Å². The van der Waals surface area contributed by atoms with E-state index in [9.17, 15) is 8.42 Å². The molecule has 2 bridgehead atoms. The van der Waals surface area contributed by atoms with Gasteiger partial charge in [-0.2, -0.15) is 13.1 Å². The summed E-state index contributed by atoms with van der Waals surface area (Å²) in [5, 5.41) is 0. The molecule has 0 radical (unpaired) electrons. The first-order valence-electron chi connectivity index (χ1n) is 8.94. The Bertz CT molecular complexity index is 1060. The van der Waals surface area contributed by atoms with Crippen LogP contribution in [-0.4, -0.2) is 44.6 Å². The molecular weight excluding hydrogens is 384 g/mol. The van der Waals surface area contributed by atoms with Crippen LogP contribution in [0.5, 0.6) is 5.75 Å². The van der Waals surface area contributed by atoms with Crippen LogP contribution < -0.4 is 4.74 Å². The van der Waals surface area contributed by atoms with E-state index in [-0.39, 0.29) is 23.1 Å². The molecule has 2 atom stereocenters. The minimum Gasteiger partial charge on any atom is -0.489 e. The van der Waals surface area contributed by atoms with Gasteiger partial charge in [-0.05, 0) is 37.1 Å². The van der Waals surface area contributed by atoms with Gasteiger partial charge in [-0.15, -0.1) is 0 Å². The van der Waals surface area contributed by atoms with E-state index < -0.39 is 10.0 Å². The van der Waals surface area contributed by atoms with Crippen LogP contribution in [0.15, 0.2) is 47.6 Å². The maximum absolute atomic E-state index is 13.4. The standard InChI is InChI=1S/C18H18N4O3S2/c23-27(24,17-5-1-4-16-18(17)21-26-20-16)22-12-6-7-13(22)10-15(9-12)25-14-3-2-8-19-11-14/h1-5,8,11-13,15H,6-7,9-10H2. The van der Waals surface area contributed by atoms with E-state index in [2.05, 4.69) is 13.7 Å². The molecule has 2 saturated heterocycles. The van der Waals surface area contributed by atoms with Gasteiger partial charge in [0.25, 0.3) is 0 Å². The van der Waals surface area contributed by atoms with Crippen molar-refractivity contribution < 1.29 is 13.2 Å². The molecule has 1 aromatic carbocycles. The highest BCUT2D eigenvalue weighted by atomic mass is 32.2. The third-order valence-corrected chi connectivity index (χ3v) is 7.94. The molecule has 2 aliphatic rings. The van der Waals surface area contributed by atoms with Crippen molar-refractivity contribution in [3.05, 3.63) is 42.7 Å². The summed E-state index contributed by atoms with van der Waals surface area (Å²) >= 11 is 1.04. The van der Waals surface area contributed by atoms with Gasteiger partial charge in [0.2, 0.25) is 10.0 Å². The second-order valence-electron chi connectivity index (χ2n) is 7.01. The van der Waals surface area contributed by atoms with Crippen molar-refractivity contribution in [2.45, 2.75) is 48.8 Å². The van der Waals surface area contributed by atoms with Gasteiger partial charge in [0.05, 0.1) is 17.9 Å². The number of hydrogen-bond donors (Lipinski definition) is 0. The first-order valence-corrected chi connectivity index (χ1v) is 11.1. The van der Waals surface area contributed by atoms with Crippen molar-refractivity contribution in [3.63, 3.8) is 0 Å². The Morgan fingerprint density at radius 1 is 1.07 bits per heavy atom. The van der Waals surface area contributed by atoms with Crippen LogP contribution in [0.3, 0.4) is 0 Å². The minimum atomic E-state index is -3.62. The van der Waals surface area contributed by atoms with Crippen molar-refractivity contribution >= 4 is 32.8 Å². The van der Waals surface area contributed by atoms with E-state index in [0.29, 0.717) is 23.9 Å². The molecular formula is C18H18N4O3S2. The quantitative estimate of drug-likeness (QED) is 0.667. The normalized spacial score (nSPS) is 25.7. The van der Waals surface area contributed by atoms with E-state index in [1.54, 1.807) is 34.9 Å². The highest BCUT2D eigenvalue weighted by molar-refractivity contribution is 7.89. The van der Waals surface area contributed by atoms with Gasteiger partial charge in [-0.3, -0.25) is 4.98 Å². The third-order valence-electron chi connectivity index (χ3n) is 5.36. The van der Waals surface area contributed by atoms with E-state index in [0.717, 1.165) is 30.3 Å². The zero-order valence-electron chi connectivity index (χ0n) is 14.4. The fourth-order valence-corrected chi connectivity index (χ4v) is 6.93. The lowest BCUT2D eigenvalue weighted by Crippen LogP contribution is -2.49. The predicted octanol–water partition coefficient (Wildman–Crippen LogP) is 2.85. The van der Waals surface area contributed by atoms with E-state index in [4.69, 9.17) is 4.74 Å². The summed E-state index contributed by atoms with van der Waals surface area (Å²) in [6.07, 6.45) is 6.52. The molecule has 0 saturated carbocycles. The molecule has 2 unspecified atom stereocenters. The van der Waals surface area contributed by atoms with Gasteiger partial charge in [0.1, 0.15) is 27.8 Å². The average molecular weight is 403 g/mol. The molecule has 0 aliphatic carbocycles. The van der Waals surface area contributed by atoms with Crippen molar-refractivity contribution in [1.29, 1.82) is 0 Å². The number of fused-ring (bicyclic) bond motifs is 3. The molecule has 2 fully saturated rings. The van der Waals surface area contributed by atoms with Crippen LogP contribution in [-0.2, 0) is 10.0 Å². The molecule has 4 heterocycles. The number of piperidine rings is 1. The van der Waals surface area contributed by atoms with Crippen LogP contribution in [0.2, 0.25) is 0 Å². The zero-order valence-corrected chi connectivity index (χ0v) is 16.1. The summed E-state index contributed by atoms with van der Waals surface area (Å²) in [4.78, 5) is 4.34. The van der Waals surface area contributed by atoms with Gasteiger partial charge < -0.3 is 4.74 Å². The number of nitrogens with zero attached hydrogens (tertiary/aromatic N) is 4. The Labute approximate surface area is 161 Å². The van der Waals surface area contributed by atoms with E-state index in [1.807, 2.05) is 12.1 Å². The number of benzene rings is 1. The first kappa shape index (κ1) is 17.0. The summed E-state index contributed by atoms with van der Waals surface area (Å²) < 4.78 is 43.0. The largest absolute Gasteiger partial charge is 0.489 e. The lowest BCUT2D eigenvalue weighted by Gasteiger charge is -2.37. The molecule has 0 spiro atoms. The van der Waals surface area contributed by atoms with Gasteiger partial charge in [-0.1, -0.05) is 6.07 Å². The zero-order chi connectivity index (χ0) is 18.4. The lowest BCUT2D eigenvalue weighted by atomic mass is 10.0. The lowest BCUT2D eigenvalue weighted by molar-refractivity contribution is 0.0954. The monoisotopic (exact) mass is 402 g/mol. The van der Waals surface area contributed by atoms with Gasteiger partial charge >= 0.3 is 0 Å².